The van der Waals surface area contributed by atoms with Gasteiger partial charge in [-0.05, 0) is 122 Å². The summed E-state index contributed by atoms with van der Waals surface area (Å²) in [5.74, 6) is 6.09. The molecule has 6 rings (SSSR count). The Morgan fingerprint density at radius 1 is 0.861 bits per heavy atom. The second kappa shape index (κ2) is 9.09. The van der Waals surface area contributed by atoms with Gasteiger partial charge in [0, 0.05) is 5.92 Å². The van der Waals surface area contributed by atoms with Crippen molar-refractivity contribution in [1.29, 1.82) is 0 Å². The second-order valence-corrected chi connectivity index (χ2v) is 14.6. The van der Waals surface area contributed by atoms with Gasteiger partial charge in [0.1, 0.15) is 0 Å². The largest absolute Gasteiger partial charge is 0.249 e. The Morgan fingerprint density at radius 3 is 2.47 bits per heavy atom. The van der Waals surface area contributed by atoms with Gasteiger partial charge in [0.25, 0.3) is 0 Å². The Bertz CT molecular complexity index is 1120. The van der Waals surface area contributed by atoms with Crippen LogP contribution in [0.4, 0.5) is 0 Å². The van der Waals surface area contributed by atoms with E-state index in [0.717, 1.165) is 53.0 Å². The Balaban J connectivity index is 1.24. The molecule has 0 bridgehead atoms. The van der Waals surface area contributed by atoms with Crippen LogP contribution < -0.4 is 0 Å². The average Bonchev–Trinajstić information content (AvgIpc) is 3.19. The van der Waals surface area contributed by atoms with Crippen molar-refractivity contribution in [1.82, 2.24) is 9.97 Å². The molecule has 36 heavy (non-hydrogen) atoms. The molecule has 8 unspecified atom stereocenters. The molecular weight excluding hydrogens is 436 g/mol. The van der Waals surface area contributed by atoms with Crippen LogP contribution >= 0.6 is 0 Å². The van der Waals surface area contributed by atoms with Crippen LogP contribution in [-0.2, 0) is 6.42 Å². The van der Waals surface area contributed by atoms with E-state index in [4.69, 9.17) is 9.97 Å². The number of hydrogen-bond acceptors (Lipinski definition) is 2. The highest BCUT2D eigenvalue weighted by molar-refractivity contribution is 5.75. The molecule has 8 atom stereocenters. The smallest absolute Gasteiger partial charge is 0.0893 e. The molecule has 0 saturated heterocycles. The van der Waals surface area contributed by atoms with Crippen LogP contribution in [0.15, 0.2) is 18.2 Å². The van der Waals surface area contributed by atoms with Gasteiger partial charge in [-0.15, -0.1) is 0 Å². The lowest BCUT2D eigenvalue weighted by Gasteiger charge is -2.60. The Hall–Kier alpha value is -1.44. The molecule has 3 fully saturated rings. The number of aromatic nitrogens is 2. The fourth-order valence-electron chi connectivity index (χ4n) is 10.4. The highest BCUT2D eigenvalue weighted by Crippen LogP contribution is 2.69. The maximum Gasteiger partial charge on any atom is 0.0893 e. The average molecular weight is 487 g/mol. The van der Waals surface area contributed by atoms with Gasteiger partial charge in [-0.25, -0.2) is 9.97 Å². The van der Waals surface area contributed by atoms with Crippen LogP contribution in [0.3, 0.4) is 0 Å². The highest BCUT2D eigenvalue weighted by Gasteiger charge is 2.61. The van der Waals surface area contributed by atoms with Crippen molar-refractivity contribution in [2.45, 2.75) is 118 Å². The van der Waals surface area contributed by atoms with Gasteiger partial charge in [0.05, 0.1) is 22.4 Å². The molecular formula is C34H50N2. The lowest BCUT2D eigenvalue weighted by atomic mass is 9.44. The van der Waals surface area contributed by atoms with Crippen LogP contribution in [0.25, 0.3) is 11.0 Å². The first-order valence-electron chi connectivity index (χ1n) is 15.5. The summed E-state index contributed by atoms with van der Waals surface area (Å²) >= 11 is 0. The summed E-state index contributed by atoms with van der Waals surface area (Å²) in [6.07, 6.45) is 15.4. The number of nitrogens with zero attached hydrogens (tertiary/aromatic N) is 2. The predicted octanol–water partition coefficient (Wildman–Crippen LogP) is 9.29. The zero-order chi connectivity index (χ0) is 25.2. The number of aryl methyl sites for hydroxylation is 2. The summed E-state index contributed by atoms with van der Waals surface area (Å²) in [4.78, 5) is 10.5. The summed E-state index contributed by atoms with van der Waals surface area (Å²) in [5, 5.41) is 0. The van der Waals surface area contributed by atoms with Crippen LogP contribution in [0.2, 0.25) is 0 Å². The second-order valence-electron chi connectivity index (χ2n) is 14.6. The molecule has 2 heteroatoms. The minimum Gasteiger partial charge on any atom is -0.249 e. The number of hydrogen-bond donors (Lipinski definition) is 0. The van der Waals surface area contributed by atoms with Gasteiger partial charge in [-0.2, -0.15) is 0 Å². The van der Waals surface area contributed by atoms with Gasteiger partial charge in [0.2, 0.25) is 0 Å². The minimum absolute atomic E-state index is 0.407. The molecule has 1 aromatic heterocycles. The zero-order valence-corrected chi connectivity index (χ0v) is 23.9. The fourth-order valence-corrected chi connectivity index (χ4v) is 10.4. The number of fused-ring (bicyclic) bond motifs is 8. The van der Waals surface area contributed by atoms with E-state index in [-0.39, 0.29) is 0 Å². The summed E-state index contributed by atoms with van der Waals surface area (Å²) in [6.45, 7) is 14.9. The quantitative estimate of drug-likeness (QED) is 0.421. The summed E-state index contributed by atoms with van der Waals surface area (Å²) in [7, 11) is 0. The molecule has 1 heterocycles. The molecule has 4 aliphatic carbocycles. The molecule has 196 valence electrons. The molecule has 2 aromatic rings. The third-order valence-corrected chi connectivity index (χ3v) is 12.2. The lowest BCUT2D eigenvalue weighted by Crippen LogP contribution is -2.53. The number of rotatable bonds is 5. The van der Waals surface area contributed by atoms with Crippen molar-refractivity contribution in [3.63, 3.8) is 0 Å². The molecule has 0 N–H and O–H groups in total. The number of benzene rings is 1. The summed E-state index contributed by atoms with van der Waals surface area (Å²) in [5.41, 5.74) is 7.16. The van der Waals surface area contributed by atoms with Crippen molar-refractivity contribution in [2.75, 3.05) is 0 Å². The summed E-state index contributed by atoms with van der Waals surface area (Å²) in [6, 6.07) is 6.60. The van der Waals surface area contributed by atoms with Gasteiger partial charge in [-0.1, -0.05) is 59.9 Å². The molecule has 1 aromatic carbocycles. The standard InChI is InChI=1S/C34H50N2/c1-21(2)8-7-9-23(4)25-13-14-26-24-11-12-28-32-30(35-29-15-10-22(3)20-31(29)36-32)17-19-34(28,6)27(24)16-18-33(25,26)5/h10,15,20-21,23-28H,7-9,11-14,16-19H2,1-6H3. The van der Waals surface area contributed by atoms with E-state index < -0.39 is 0 Å². The maximum atomic E-state index is 5.34. The van der Waals surface area contributed by atoms with Crippen molar-refractivity contribution < 1.29 is 0 Å². The van der Waals surface area contributed by atoms with Gasteiger partial charge in [-0.3, -0.25) is 0 Å². The summed E-state index contributed by atoms with van der Waals surface area (Å²) < 4.78 is 0. The van der Waals surface area contributed by atoms with Crippen LogP contribution in [-0.4, -0.2) is 9.97 Å². The first-order chi connectivity index (χ1) is 17.2. The molecule has 0 aliphatic heterocycles. The molecule has 0 radical (unpaired) electrons. The molecule has 0 spiro atoms. The molecule has 2 nitrogen and oxygen atoms in total. The van der Waals surface area contributed by atoms with Gasteiger partial charge in [0.15, 0.2) is 0 Å². The highest BCUT2D eigenvalue weighted by atomic mass is 14.9. The minimum atomic E-state index is 0.407. The van der Waals surface area contributed by atoms with E-state index in [1.165, 1.54) is 81.2 Å². The zero-order valence-electron chi connectivity index (χ0n) is 23.9. The first kappa shape index (κ1) is 24.9. The molecule has 0 amide bonds. The van der Waals surface area contributed by atoms with Crippen LogP contribution in [0, 0.1) is 53.3 Å². The van der Waals surface area contributed by atoms with Crippen molar-refractivity contribution in [3.05, 3.63) is 35.2 Å². The van der Waals surface area contributed by atoms with Crippen molar-refractivity contribution in [3.8, 4) is 0 Å². The van der Waals surface area contributed by atoms with Gasteiger partial charge >= 0.3 is 0 Å². The van der Waals surface area contributed by atoms with Crippen LogP contribution in [0.5, 0.6) is 0 Å². The van der Waals surface area contributed by atoms with E-state index >= 15 is 0 Å². The van der Waals surface area contributed by atoms with Crippen LogP contribution in [0.1, 0.15) is 122 Å². The lowest BCUT2D eigenvalue weighted by molar-refractivity contribution is -0.0905. The van der Waals surface area contributed by atoms with Gasteiger partial charge < -0.3 is 0 Å². The third kappa shape index (κ3) is 3.87. The molecule has 3 saturated carbocycles. The van der Waals surface area contributed by atoms with E-state index in [1.807, 2.05) is 0 Å². The van der Waals surface area contributed by atoms with E-state index in [0.29, 0.717) is 16.7 Å². The monoisotopic (exact) mass is 486 g/mol. The first-order valence-corrected chi connectivity index (χ1v) is 15.5. The van der Waals surface area contributed by atoms with E-state index in [9.17, 15) is 0 Å². The normalized spacial score (nSPS) is 38.4. The Kier molecular flexibility index (Phi) is 6.28. The Morgan fingerprint density at radius 2 is 1.67 bits per heavy atom. The maximum absolute atomic E-state index is 5.34. The fraction of sp³-hybridized carbons (Fsp3) is 0.765. The SMILES string of the molecule is Cc1ccc2nc3c(nc2c1)C1CCC2C(CCC4(C)C(C(C)CCCC(C)C)CCC24)C1(C)CC3. The van der Waals surface area contributed by atoms with E-state index in [1.54, 1.807) is 0 Å². The predicted molar refractivity (Wildman–Crippen MR) is 151 cm³/mol. The van der Waals surface area contributed by atoms with Crippen molar-refractivity contribution in [2.24, 2.45) is 46.3 Å². The van der Waals surface area contributed by atoms with Crippen molar-refractivity contribution >= 4 is 11.0 Å². The third-order valence-electron chi connectivity index (χ3n) is 12.2. The Labute approximate surface area is 220 Å². The molecule has 4 aliphatic rings. The topological polar surface area (TPSA) is 25.8 Å². The van der Waals surface area contributed by atoms with E-state index in [2.05, 4.69) is 59.7 Å².